The van der Waals surface area contributed by atoms with Gasteiger partial charge < -0.3 is 5.73 Å². The molecule has 0 aromatic carbocycles. The number of hydrogen-bond acceptors (Lipinski definition) is 1. The van der Waals surface area contributed by atoms with E-state index in [9.17, 15) is 0 Å². The zero-order valence-electron chi connectivity index (χ0n) is 7.26. The van der Waals surface area contributed by atoms with E-state index in [4.69, 9.17) is 5.73 Å². The second kappa shape index (κ2) is 3.14. The predicted molar refractivity (Wildman–Crippen MR) is 47.3 cm³/mol. The van der Waals surface area contributed by atoms with Crippen LogP contribution in [0.2, 0.25) is 0 Å². The van der Waals surface area contributed by atoms with Crippen LogP contribution in [0.4, 0.5) is 0 Å². The summed E-state index contributed by atoms with van der Waals surface area (Å²) in [7, 11) is 0. The fourth-order valence-corrected chi connectivity index (χ4v) is 2.91. The minimum atomic E-state index is 0.536. The molecule has 2 saturated carbocycles. The van der Waals surface area contributed by atoms with Crippen LogP contribution in [0.25, 0.3) is 0 Å². The van der Waals surface area contributed by atoms with Crippen molar-refractivity contribution in [2.75, 3.05) is 0 Å². The van der Waals surface area contributed by atoms with Crippen LogP contribution in [0, 0.1) is 11.8 Å². The Kier molecular flexibility index (Phi) is 2.17. The minimum absolute atomic E-state index is 0.536. The van der Waals surface area contributed by atoms with E-state index in [1.807, 2.05) is 0 Å². The van der Waals surface area contributed by atoms with Gasteiger partial charge in [-0.05, 0) is 31.1 Å². The highest BCUT2D eigenvalue weighted by Gasteiger charge is 2.30. The molecule has 2 rings (SSSR count). The first-order chi connectivity index (χ1) is 5.36. The first-order valence-electron chi connectivity index (χ1n) is 5.12. The Morgan fingerprint density at radius 3 is 2.36 bits per heavy atom. The molecule has 0 radical (unpaired) electrons. The molecule has 0 aliphatic heterocycles. The molecular weight excluding hydrogens is 134 g/mol. The lowest BCUT2D eigenvalue weighted by molar-refractivity contribution is 0.157. The maximum atomic E-state index is 5.94. The molecule has 0 aromatic heterocycles. The summed E-state index contributed by atoms with van der Waals surface area (Å²) < 4.78 is 0. The molecule has 11 heavy (non-hydrogen) atoms. The minimum Gasteiger partial charge on any atom is -0.328 e. The van der Waals surface area contributed by atoms with E-state index in [0.717, 1.165) is 11.8 Å². The summed E-state index contributed by atoms with van der Waals surface area (Å²) in [4.78, 5) is 0. The molecule has 2 fully saturated rings. The summed E-state index contributed by atoms with van der Waals surface area (Å²) in [5, 5.41) is 0. The van der Waals surface area contributed by atoms with Gasteiger partial charge in [0.1, 0.15) is 0 Å². The van der Waals surface area contributed by atoms with Crippen LogP contribution < -0.4 is 5.73 Å². The monoisotopic (exact) mass is 153 g/mol. The Hall–Kier alpha value is -0.0400. The normalized spacial score (nSPS) is 45.0. The third kappa shape index (κ3) is 1.58. The van der Waals surface area contributed by atoms with Gasteiger partial charge in [-0.25, -0.2) is 0 Å². The summed E-state index contributed by atoms with van der Waals surface area (Å²) in [6.07, 6.45) is 9.96. The summed E-state index contributed by atoms with van der Waals surface area (Å²) in [5.74, 6) is 2.07. The van der Waals surface area contributed by atoms with Crippen molar-refractivity contribution in [3.63, 3.8) is 0 Å². The van der Waals surface area contributed by atoms with Gasteiger partial charge in [-0.3, -0.25) is 0 Å². The second-order valence-corrected chi connectivity index (χ2v) is 4.38. The summed E-state index contributed by atoms with van der Waals surface area (Å²) >= 11 is 0. The molecule has 2 N–H and O–H groups in total. The second-order valence-electron chi connectivity index (χ2n) is 4.38. The summed E-state index contributed by atoms with van der Waals surface area (Å²) in [6.45, 7) is 0. The topological polar surface area (TPSA) is 26.0 Å². The van der Waals surface area contributed by atoms with E-state index < -0.39 is 0 Å². The number of hydrogen-bond donors (Lipinski definition) is 1. The van der Waals surface area contributed by atoms with Gasteiger partial charge in [0.15, 0.2) is 0 Å². The maximum Gasteiger partial charge on any atom is 0.00416 e. The Morgan fingerprint density at radius 1 is 0.818 bits per heavy atom. The maximum absolute atomic E-state index is 5.94. The zero-order valence-corrected chi connectivity index (χ0v) is 7.26. The van der Waals surface area contributed by atoms with Gasteiger partial charge >= 0.3 is 0 Å². The van der Waals surface area contributed by atoms with Gasteiger partial charge in [-0.15, -0.1) is 0 Å². The lowest BCUT2D eigenvalue weighted by Gasteiger charge is -2.38. The van der Waals surface area contributed by atoms with Gasteiger partial charge in [0.2, 0.25) is 0 Å². The molecule has 0 heterocycles. The molecule has 0 bridgehead atoms. The first-order valence-corrected chi connectivity index (χ1v) is 5.12. The molecular formula is C10H19N. The highest BCUT2D eigenvalue weighted by atomic mass is 14.6. The standard InChI is InChI=1S/C10H19N/c11-10-6-5-8-3-1-2-4-9(8)7-10/h8-10H,1-7,11H2/t8-,9+,10-/m0/s1. The lowest BCUT2D eigenvalue weighted by Crippen LogP contribution is -2.34. The molecule has 3 atom stereocenters. The molecule has 1 nitrogen and oxygen atoms in total. The lowest BCUT2D eigenvalue weighted by atomic mass is 9.70. The molecule has 0 unspecified atom stereocenters. The average Bonchev–Trinajstić information content (AvgIpc) is 2.04. The van der Waals surface area contributed by atoms with Gasteiger partial charge in [-0.1, -0.05) is 25.7 Å². The van der Waals surface area contributed by atoms with Gasteiger partial charge in [0.05, 0.1) is 0 Å². The zero-order chi connectivity index (χ0) is 7.68. The highest BCUT2D eigenvalue weighted by molar-refractivity contribution is 4.84. The van der Waals surface area contributed by atoms with Crippen molar-refractivity contribution in [3.05, 3.63) is 0 Å². The molecule has 0 saturated heterocycles. The van der Waals surface area contributed by atoms with Crippen LogP contribution in [0.5, 0.6) is 0 Å². The number of rotatable bonds is 0. The molecule has 2 aliphatic rings. The predicted octanol–water partition coefficient (Wildman–Crippen LogP) is 2.30. The highest BCUT2D eigenvalue weighted by Crippen LogP contribution is 2.39. The number of fused-ring (bicyclic) bond motifs is 1. The van der Waals surface area contributed by atoms with Crippen LogP contribution in [-0.4, -0.2) is 6.04 Å². The SMILES string of the molecule is N[C@H]1CC[C@@H]2CCCC[C@@H]2C1. The third-order valence-corrected chi connectivity index (χ3v) is 3.58. The first kappa shape index (κ1) is 7.60. The van der Waals surface area contributed by atoms with E-state index in [-0.39, 0.29) is 0 Å². The van der Waals surface area contributed by atoms with Crippen LogP contribution in [0.15, 0.2) is 0 Å². The summed E-state index contributed by atoms with van der Waals surface area (Å²) in [6, 6.07) is 0.536. The fraction of sp³-hybridized carbons (Fsp3) is 1.00. The van der Waals surface area contributed by atoms with E-state index in [0.29, 0.717) is 6.04 Å². The Morgan fingerprint density at radius 2 is 1.55 bits per heavy atom. The van der Waals surface area contributed by atoms with Crippen molar-refractivity contribution >= 4 is 0 Å². The van der Waals surface area contributed by atoms with Crippen molar-refractivity contribution in [3.8, 4) is 0 Å². The Labute approximate surface area is 69.4 Å². The quantitative estimate of drug-likeness (QED) is 0.568. The smallest absolute Gasteiger partial charge is 0.00416 e. The van der Waals surface area contributed by atoms with Gasteiger partial charge in [0, 0.05) is 6.04 Å². The van der Waals surface area contributed by atoms with Crippen molar-refractivity contribution in [2.45, 2.75) is 51.0 Å². The van der Waals surface area contributed by atoms with Crippen LogP contribution in [0.1, 0.15) is 44.9 Å². The molecule has 0 spiro atoms. The van der Waals surface area contributed by atoms with E-state index in [1.54, 1.807) is 0 Å². The van der Waals surface area contributed by atoms with E-state index >= 15 is 0 Å². The van der Waals surface area contributed by atoms with Crippen molar-refractivity contribution in [1.29, 1.82) is 0 Å². The molecule has 0 aromatic rings. The Balaban J connectivity index is 1.93. The van der Waals surface area contributed by atoms with E-state index in [1.165, 1.54) is 44.9 Å². The Bertz CT molecular complexity index is 133. The number of nitrogens with two attached hydrogens (primary N) is 1. The summed E-state index contributed by atoms with van der Waals surface area (Å²) in [5.41, 5.74) is 5.94. The van der Waals surface area contributed by atoms with Crippen molar-refractivity contribution in [1.82, 2.24) is 0 Å². The van der Waals surface area contributed by atoms with Crippen LogP contribution in [0.3, 0.4) is 0 Å². The van der Waals surface area contributed by atoms with Crippen LogP contribution in [-0.2, 0) is 0 Å². The van der Waals surface area contributed by atoms with Crippen molar-refractivity contribution in [2.24, 2.45) is 17.6 Å². The van der Waals surface area contributed by atoms with Gasteiger partial charge in [-0.2, -0.15) is 0 Å². The third-order valence-electron chi connectivity index (χ3n) is 3.58. The van der Waals surface area contributed by atoms with E-state index in [2.05, 4.69) is 0 Å². The molecule has 0 amide bonds. The van der Waals surface area contributed by atoms with Crippen molar-refractivity contribution < 1.29 is 0 Å². The fourth-order valence-electron chi connectivity index (χ4n) is 2.91. The van der Waals surface area contributed by atoms with Gasteiger partial charge in [0.25, 0.3) is 0 Å². The molecule has 2 aliphatic carbocycles. The molecule has 64 valence electrons. The van der Waals surface area contributed by atoms with Crippen LogP contribution >= 0.6 is 0 Å². The molecule has 1 heteroatoms. The largest absolute Gasteiger partial charge is 0.328 e. The average molecular weight is 153 g/mol.